The van der Waals surface area contributed by atoms with Crippen LogP contribution in [0.5, 0.6) is 11.5 Å². The molecule has 2 aromatic carbocycles. The zero-order valence-electron chi connectivity index (χ0n) is 11.6. The lowest BCUT2D eigenvalue weighted by atomic mass is 10.0. The van der Waals surface area contributed by atoms with Gasteiger partial charge in [-0.05, 0) is 23.8 Å². The molecule has 0 bridgehead atoms. The number of rotatable bonds is 3. The number of nitrogens with two attached hydrogens (primary N) is 1. The van der Waals surface area contributed by atoms with E-state index in [-0.39, 0.29) is 6.04 Å². The predicted molar refractivity (Wildman–Crippen MR) is 84.3 cm³/mol. The summed E-state index contributed by atoms with van der Waals surface area (Å²) in [5, 5.41) is 0. The lowest BCUT2D eigenvalue weighted by molar-refractivity contribution is 0.294. The van der Waals surface area contributed by atoms with Gasteiger partial charge in [0.1, 0.15) is 18.1 Å². The van der Waals surface area contributed by atoms with Crippen molar-refractivity contribution in [3.63, 3.8) is 0 Å². The highest BCUT2D eigenvalue weighted by atomic mass is 32.2. The van der Waals surface area contributed by atoms with E-state index in [0.717, 1.165) is 22.8 Å². The van der Waals surface area contributed by atoms with Crippen LogP contribution < -0.4 is 15.2 Å². The van der Waals surface area contributed by atoms with Crippen LogP contribution in [-0.2, 0) is 0 Å². The zero-order chi connectivity index (χ0) is 14.2. The Labute approximate surface area is 128 Å². The highest BCUT2D eigenvalue weighted by Crippen LogP contribution is 2.40. The van der Waals surface area contributed by atoms with Gasteiger partial charge in [-0.2, -0.15) is 0 Å². The minimum absolute atomic E-state index is 0.00726. The van der Waals surface area contributed by atoms with Gasteiger partial charge in [-0.15, -0.1) is 11.8 Å². The average Bonchev–Trinajstić information content (AvgIpc) is 3.09. The molecule has 0 amide bonds. The standard InChI is InChI=1S/C17H17NO2S/c18-15-9-20-16-7-12(5-6-14(15)16)19-8-11-10-21-17-4-2-1-3-13(11)17/h1-7,11,15H,8-10,18H2. The smallest absolute Gasteiger partial charge is 0.127 e. The first-order valence-electron chi connectivity index (χ1n) is 7.18. The molecule has 2 atom stereocenters. The Kier molecular flexibility index (Phi) is 3.28. The Balaban J connectivity index is 1.46. The van der Waals surface area contributed by atoms with Crippen LogP contribution in [0.15, 0.2) is 47.4 Å². The molecule has 0 saturated heterocycles. The molecule has 2 aliphatic heterocycles. The van der Waals surface area contributed by atoms with Crippen LogP contribution in [-0.4, -0.2) is 19.0 Å². The van der Waals surface area contributed by atoms with Gasteiger partial charge in [0.05, 0.1) is 12.6 Å². The molecule has 2 unspecified atom stereocenters. The fourth-order valence-electron chi connectivity index (χ4n) is 2.87. The Bertz CT molecular complexity index is 674. The van der Waals surface area contributed by atoms with E-state index in [4.69, 9.17) is 15.2 Å². The van der Waals surface area contributed by atoms with Gasteiger partial charge in [-0.1, -0.05) is 18.2 Å². The van der Waals surface area contributed by atoms with E-state index in [1.165, 1.54) is 10.5 Å². The number of benzene rings is 2. The predicted octanol–water partition coefficient (Wildman–Crippen LogP) is 3.35. The largest absolute Gasteiger partial charge is 0.493 e. The first-order valence-corrected chi connectivity index (χ1v) is 8.16. The fraction of sp³-hybridized carbons (Fsp3) is 0.294. The van der Waals surface area contributed by atoms with E-state index >= 15 is 0 Å². The summed E-state index contributed by atoms with van der Waals surface area (Å²) in [6, 6.07) is 14.5. The van der Waals surface area contributed by atoms with E-state index in [0.29, 0.717) is 19.1 Å². The number of hydrogen-bond donors (Lipinski definition) is 1. The molecule has 0 saturated carbocycles. The summed E-state index contributed by atoms with van der Waals surface area (Å²) < 4.78 is 11.5. The van der Waals surface area contributed by atoms with Crippen molar-refractivity contribution in [1.29, 1.82) is 0 Å². The molecule has 3 nitrogen and oxygen atoms in total. The van der Waals surface area contributed by atoms with Crippen LogP contribution in [0.25, 0.3) is 0 Å². The summed E-state index contributed by atoms with van der Waals surface area (Å²) in [5.41, 5.74) is 8.43. The van der Waals surface area contributed by atoms with Gasteiger partial charge < -0.3 is 15.2 Å². The van der Waals surface area contributed by atoms with Gasteiger partial charge in [0, 0.05) is 28.2 Å². The molecular formula is C17H17NO2S. The fourth-order valence-corrected chi connectivity index (χ4v) is 4.10. The number of thioether (sulfide) groups is 1. The van der Waals surface area contributed by atoms with Gasteiger partial charge in [-0.3, -0.25) is 0 Å². The lowest BCUT2D eigenvalue weighted by Gasteiger charge is -2.13. The normalized spacial score (nSPS) is 22.5. The molecule has 108 valence electrons. The van der Waals surface area contributed by atoms with Gasteiger partial charge in [-0.25, -0.2) is 0 Å². The van der Waals surface area contributed by atoms with Crippen molar-refractivity contribution in [2.24, 2.45) is 5.73 Å². The Morgan fingerprint density at radius 1 is 1.19 bits per heavy atom. The maximum atomic E-state index is 5.97. The molecule has 0 aliphatic carbocycles. The van der Waals surface area contributed by atoms with Crippen LogP contribution in [0.4, 0.5) is 0 Å². The van der Waals surface area contributed by atoms with Gasteiger partial charge in [0.2, 0.25) is 0 Å². The molecule has 2 aromatic rings. The van der Waals surface area contributed by atoms with Gasteiger partial charge in [0.25, 0.3) is 0 Å². The molecule has 0 aromatic heterocycles. The molecule has 2 aliphatic rings. The highest BCUT2D eigenvalue weighted by molar-refractivity contribution is 7.99. The lowest BCUT2D eigenvalue weighted by Crippen LogP contribution is -2.10. The second kappa shape index (κ2) is 5.28. The monoisotopic (exact) mass is 299 g/mol. The minimum Gasteiger partial charge on any atom is -0.493 e. The third-order valence-electron chi connectivity index (χ3n) is 4.05. The van der Waals surface area contributed by atoms with E-state index in [1.54, 1.807) is 0 Å². The molecule has 21 heavy (non-hydrogen) atoms. The molecule has 2 N–H and O–H groups in total. The Hall–Kier alpha value is -1.65. The van der Waals surface area contributed by atoms with Crippen molar-refractivity contribution < 1.29 is 9.47 Å². The van der Waals surface area contributed by atoms with Crippen LogP contribution in [0.2, 0.25) is 0 Å². The summed E-state index contributed by atoms with van der Waals surface area (Å²) in [6.45, 7) is 1.26. The van der Waals surface area contributed by atoms with Crippen molar-refractivity contribution >= 4 is 11.8 Å². The molecule has 0 fully saturated rings. The Morgan fingerprint density at radius 3 is 3.05 bits per heavy atom. The van der Waals surface area contributed by atoms with Crippen molar-refractivity contribution in [3.05, 3.63) is 53.6 Å². The maximum absolute atomic E-state index is 5.97. The summed E-state index contributed by atoms with van der Waals surface area (Å²) in [4.78, 5) is 1.38. The number of ether oxygens (including phenoxy) is 2. The van der Waals surface area contributed by atoms with Crippen molar-refractivity contribution in [3.8, 4) is 11.5 Å². The van der Waals surface area contributed by atoms with Crippen molar-refractivity contribution in [1.82, 2.24) is 0 Å². The van der Waals surface area contributed by atoms with Crippen LogP contribution >= 0.6 is 11.8 Å². The first-order chi connectivity index (χ1) is 10.3. The summed E-state index contributed by atoms with van der Waals surface area (Å²) >= 11 is 1.91. The summed E-state index contributed by atoms with van der Waals surface area (Å²) in [6.07, 6.45) is 0. The molecule has 0 spiro atoms. The van der Waals surface area contributed by atoms with Crippen LogP contribution in [0.3, 0.4) is 0 Å². The Morgan fingerprint density at radius 2 is 2.10 bits per heavy atom. The van der Waals surface area contributed by atoms with Crippen LogP contribution in [0, 0.1) is 0 Å². The SMILES string of the molecule is NC1COc2cc(OCC3CSc4ccccc43)ccc21. The third-order valence-corrected chi connectivity index (χ3v) is 5.30. The van der Waals surface area contributed by atoms with E-state index in [2.05, 4.69) is 24.3 Å². The average molecular weight is 299 g/mol. The zero-order valence-corrected chi connectivity index (χ0v) is 12.4. The van der Waals surface area contributed by atoms with E-state index in [9.17, 15) is 0 Å². The van der Waals surface area contributed by atoms with E-state index in [1.807, 2.05) is 30.0 Å². The van der Waals surface area contributed by atoms with E-state index < -0.39 is 0 Å². The molecule has 0 radical (unpaired) electrons. The second-order valence-corrected chi connectivity index (χ2v) is 6.54. The quantitative estimate of drug-likeness (QED) is 0.944. The molecule has 2 heterocycles. The maximum Gasteiger partial charge on any atom is 0.127 e. The van der Waals surface area contributed by atoms with Crippen molar-refractivity contribution in [2.75, 3.05) is 19.0 Å². The molecule has 4 heteroatoms. The highest BCUT2D eigenvalue weighted by Gasteiger charge is 2.24. The number of fused-ring (bicyclic) bond motifs is 2. The second-order valence-electron chi connectivity index (χ2n) is 5.47. The van der Waals surface area contributed by atoms with Crippen LogP contribution in [0.1, 0.15) is 23.1 Å². The summed E-state index contributed by atoms with van der Waals surface area (Å²) in [5.74, 6) is 3.27. The van der Waals surface area contributed by atoms with Crippen molar-refractivity contribution in [2.45, 2.75) is 16.9 Å². The number of hydrogen-bond acceptors (Lipinski definition) is 4. The topological polar surface area (TPSA) is 44.5 Å². The van der Waals surface area contributed by atoms with Gasteiger partial charge in [0.15, 0.2) is 0 Å². The first kappa shape index (κ1) is 13.0. The minimum atomic E-state index is -0.00726. The van der Waals surface area contributed by atoms with Gasteiger partial charge >= 0.3 is 0 Å². The molecule has 4 rings (SSSR count). The third kappa shape index (κ3) is 2.39. The summed E-state index contributed by atoms with van der Waals surface area (Å²) in [7, 11) is 0. The molecular weight excluding hydrogens is 282 g/mol.